The summed E-state index contributed by atoms with van der Waals surface area (Å²) in [5.41, 5.74) is 0. The third kappa shape index (κ3) is 8.87. The average molecular weight is 102 g/mol. The van der Waals surface area contributed by atoms with Gasteiger partial charge in [0.15, 0.2) is 8.38 Å². The van der Waals surface area contributed by atoms with Crippen molar-refractivity contribution in [1.82, 2.24) is 0 Å². The third-order valence-corrected chi connectivity index (χ3v) is 0.849. The normalized spacial score (nSPS) is 8.00. The number of rotatable bonds is 1. The second kappa shape index (κ2) is 5.95. The molecular weight excluding hydrogens is 93.9 g/mol. The summed E-state index contributed by atoms with van der Waals surface area (Å²) < 4.78 is 0. The van der Waals surface area contributed by atoms with Gasteiger partial charge in [0.1, 0.15) is 0 Å². The minimum absolute atomic E-state index is 0. The van der Waals surface area contributed by atoms with Crippen molar-refractivity contribution in [2.45, 2.75) is 6.92 Å². The van der Waals surface area contributed by atoms with Gasteiger partial charge in [0.2, 0.25) is 0 Å². The van der Waals surface area contributed by atoms with Crippen LogP contribution in [0.4, 0.5) is 0 Å². The fraction of sp³-hybridized carbons (Fsp3) is 1.00. The molecule has 0 rings (SSSR count). The van der Waals surface area contributed by atoms with Crippen LogP contribution in [0.25, 0.3) is 0 Å². The first kappa shape index (κ1) is 10.0. The van der Waals surface area contributed by atoms with Crippen LogP contribution in [0.2, 0.25) is 0 Å². The Morgan fingerprint density at radius 1 is 1.50 bits per heavy atom. The fourth-order valence-electron chi connectivity index (χ4n) is 0. The summed E-state index contributed by atoms with van der Waals surface area (Å²) in [5, 5.41) is 0. The minimum atomic E-state index is -1.60. The van der Waals surface area contributed by atoms with Crippen LogP contribution in [0.1, 0.15) is 6.92 Å². The Bertz CT molecular complexity index is 25.5. The maximum atomic E-state index is 7.98. The van der Waals surface area contributed by atoms with E-state index in [4.69, 9.17) is 9.79 Å². The Balaban J connectivity index is 0. The standard InChI is InChI=1S/C2H7O2P.Li.H/c1-2-5(3)4;;/h3-4H,2H2,1H3;;. The topological polar surface area (TPSA) is 40.5 Å². The van der Waals surface area contributed by atoms with Gasteiger partial charge in [-0.1, -0.05) is 6.92 Å². The van der Waals surface area contributed by atoms with Crippen molar-refractivity contribution in [1.29, 1.82) is 0 Å². The molecule has 34 valence electrons. The molecule has 4 heteroatoms. The molecule has 0 saturated carbocycles. The van der Waals surface area contributed by atoms with Crippen LogP contribution in [-0.2, 0) is 0 Å². The first-order chi connectivity index (χ1) is 2.27. The molecule has 0 aliphatic heterocycles. The quantitative estimate of drug-likeness (QED) is 0.351. The molecule has 0 aliphatic carbocycles. The van der Waals surface area contributed by atoms with E-state index in [1.807, 2.05) is 0 Å². The molecule has 0 fully saturated rings. The Morgan fingerprint density at radius 2 is 1.67 bits per heavy atom. The van der Waals surface area contributed by atoms with Crippen molar-refractivity contribution in [3.8, 4) is 0 Å². The van der Waals surface area contributed by atoms with Gasteiger partial charge in [0.25, 0.3) is 0 Å². The monoisotopic (exact) mass is 102 g/mol. The van der Waals surface area contributed by atoms with Crippen molar-refractivity contribution in [2.75, 3.05) is 6.16 Å². The Kier molecular flexibility index (Phi) is 9.95. The van der Waals surface area contributed by atoms with E-state index in [0.29, 0.717) is 6.16 Å². The summed E-state index contributed by atoms with van der Waals surface area (Å²) in [6.07, 6.45) is 0.481. The van der Waals surface area contributed by atoms with Gasteiger partial charge >= 0.3 is 18.9 Å². The van der Waals surface area contributed by atoms with Crippen molar-refractivity contribution in [3.63, 3.8) is 0 Å². The molecule has 2 N–H and O–H groups in total. The summed E-state index contributed by atoms with van der Waals surface area (Å²) in [6, 6.07) is 0. The molecule has 0 amide bonds. The molecule has 0 aromatic rings. The zero-order valence-electron chi connectivity index (χ0n) is 3.05. The molecule has 0 heterocycles. The van der Waals surface area contributed by atoms with Crippen LogP contribution < -0.4 is 0 Å². The molecule has 0 aromatic carbocycles. The van der Waals surface area contributed by atoms with E-state index < -0.39 is 8.38 Å². The Morgan fingerprint density at radius 3 is 1.67 bits per heavy atom. The van der Waals surface area contributed by atoms with Crippen LogP contribution >= 0.6 is 8.38 Å². The molecule has 2 nitrogen and oxygen atoms in total. The van der Waals surface area contributed by atoms with Crippen molar-refractivity contribution in [3.05, 3.63) is 0 Å². The van der Waals surface area contributed by atoms with Crippen molar-refractivity contribution >= 4 is 27.2 Å². The number of hydrogen-bond acceptors (Lipinski definition) is 2. The molecule has 0 radical (unpaired) electrons. The van der Waals surface area contributed by atoms with Gasteiger partial charge in [-0.3, -0.25) is 0 Å². The van der Waals surface area contributed by atoms with Crippen LogP contribution in [0, 0.1) is 0 Å². The first-order valence-corrected chi connectivity index (χ1v) is 2.86. The fourth-order valence-corrected chi connectivity index (χ4v) is 0. The molecule has 0 spiro atoms. The van der Waals surface area contributed by atoms with Gasteiger partial charge in [0, 0.05) is 6.16 Å². The van der Waals surface area contributed by atoms with E-state index in [0.717, 1.165) is 0 Å². The van der Waals surface area contributed by atoms with Gasteiger partial charge in [-0.15, -0.1) is 0 Å². The molecule has 6 heavy (non-hydrogen) atoms. The van der Waals surface area contributed by atoms with E-state index in [-0.39, 0.29) is 18.9 Å². The average Bonchev–Trinajstić information content (AvgIpc) is 1.38. The van der Waals surface area contributed by atoms with Gasteiger partial charge in [-0.2, -0.15) is 0 Å². The van der Waals surface area contributed by atoms with E-state index >= 15 is 0 Å². The second-order valence-electron chi connectivity index (χ2n) is 0.689. The van der Waals surface area contributed by atoms with E-state index in [1.54, 1.807) is 6.92 Å². The summed E-state index contributed by atoms with van der Waals surface area (Å²) in [4.78, 5) is 16.0. The van der Waals surface area contributed by atoms with E-state index in [2.05, 4.69) is 0 Å². The third-order valence-electron chi connectivity index (χ3n) is 0.283. The van der Waals surface area contributed by atoms with Gasteiger partial charge in [-0.05, 0) is 0 Å². The zero-order valence-corrected chi connectivity index (χ0v) is 3.94. The molecule has 0 unspecified atom stereocenters. The van der Waals surface area contributed by atoms with Crippen molar-refractivity contribution < 1.29 is 9.79 Å². The van der Waals surface area contributed by atoms with E-state index in [1.165, 1.54) is 0 Å². The van der Waals surface area contributed by atoms with Gasteiger partial charge in [0.05, 0.1) is 0 Å². The first-order valence-electron chi connectivity index (χ1n) is 1.42. The molecule has 0 atom stereocenters. The summed E-state index contributed by atoms with van der Waals surface area (Å²) in [5.74, 6) is 0. The SMILES string of the molecule is CCP(O)O.[LiH]. The Labute approximate surface area is 50.7 Å². The molecule has 0 bridgehead atoms. The zero-order chi connectivity index (χ0) is 4.28. The summed E-state index contributed by atoms with van der Waals surface area (Å²) in [7, 11) is -1.60. The van der Waals surface area contributed by atoms with Gasteiger partial charge in [-0.25, -0.2) is 0 Å². The van der Waals surface area contributed by atoms with E-state index in [9.17, 15) is 0 Å². The van der Waals surface area contributed by atoms with Crippen molar-refractivity contribution in [2.24, 2.45) is 0 Å². The molecular formula is C2H8LiO2P. The predicted molar refractivity (Wildman–Crippen MR) is 29.0 cm³/mol. The number of hydrogen-bond donors (Lipinski definition) is 2. The molecule has 0 aliphatic rings. The summed E-state index contributed by atoms with van der Waals surface area (Å²) >= 11 is 0. The summed E-state index contributed by atoms with van der Waals surface area (Å²) in [6.45, 7) is 1.73. The van der Waals surface area contributed by atoms with Gasteiger partial charge < -0.3 is 9.79 Å². The molecule has 0 aromatic heterocycles. The van der Waals surface area contributed by atoms with Crippen LogP contribution in [0.5, 0.6) is 0 Å². The Hall–Kier alpha value is 0.947. The van der Waals surface area contributed by atoms with Crippen LogP contribution in [-0.4, -0.2) is 34.8 Å². The van der Waals surface area contributed by atoms with Crippen LogP contribution in [0.15, 0.2) is 0 Å². The molecule has 0 saturated heterocycles. The second-order valence-corrected chi connectivity index (χ2v) is 2.07. The van der Waals surface area contributed by atoms with Crippen LogP contribution in [0.3, 0.4) is 0 Å². The predicted octanol–water partition coefficient (Wildman–Crippen LogP) is -0.346. The maximum absolute atomic E-state index is 7.98.